The van der Waals surface area contributed by atoms with Gasteiger partial charge in [-0.15, -0.1) is 11.3 Å². The van der Waals surface area contributed by atoms with Gasteiger partial charge in [0.15, 0.2) is 0 Å². The second-order valence-corrected chi connectivity index (χ2v) is 5.62. The molecule has 0 unspecified atom stereocenters. The van der Waals surface area contributed by atoms with Crippen molar-refractivity contribution in [3.05, 3.63) is 29.1 Å². The van der Waals surface area contributed by atoms with Crippen LogP contribution in [0.1, 0.15) is 0 Å². The average Bonchev–Trinajstić information content (AvgIpc) is 3.07. The summed E-state index contributed by atoms with van der Waals surface area (Å²) in [6, 6.07) is 5.84. The van der Waals surface area contributed by atoms with Crippen molar-refractivity contribution in [3.8, 4) is 0 Å². The summed E-state index contributed by atoms with van der Waals surface area (Å²) in [7, 11) is 1.31. The van der Waals surface area contributed by atoms with Crippen molar-refractivity contribution >= 4 is 46.2 Å². The number of nitrogens with zero attached hydrogens (tertiary/aromatic N) is 2. The predicted octanol–water partition coefficient (Wildman–Crippen LogP) is 3.35. The van der Waals surface area contributed by atoms with Crippen LogP contribution in [0.4, 0.5) is 10.7 Å². The predicted molar refractivity (Wildman–Crippen MR) is 78.4 cm³/mol. The van der Waals surface area contributed by atoms with Crippen molar-refractivity contribution in [2.75, 3.05) is 12.4 Å². The number of hydrogen-bond acceptors (Lipinski definition) is 6. The molecule has 20 heavy (non-hydrogen) atoms. The zero-order chi connectivity index (χ0) is 13.9. The molecular weight excluding hydrogens is 296 g/mol. The Kier molecular flexibility index (Phi) is 3.57. The van der Waals surface area contributed by atoms with Crippen LogP contribution < -0.4 is 5.32 Å². The highest BCUT2D eigenvalue weighted by Crippen LogP contribution is 2.29. The van der Waals surface area contributed by atoms with Crippen LogP contribution in [0.15, 0.2) is 39.0 Å². The Morgan fingerprint density at radius 2 is 2.40 bits per heavy atom. The molecule has 8 heteroatoms. The molecule has 0 bridgehead atoms. The number of fused-ring (bicyclic) bond motifs is 1. The lowest BCUT2D eigenvalue weighted by Gasteiger charge is -1.96. The highest BCUT2D eigenvalue weighted by Gasteiger charge is 2.08. The Labute approximate surface area is 122 Å². The number of imidazole rings is 1. The van der Waals surface area contributed by atoms with E-state index in [1.54, 1.807) is 28.6 Å². The molecule has 0 spiro atoms. The molecule has 0 aliphatic rings. The first-order chi connectivity index (χ1) is 9.74. The number of carbonyl (C=O) groups is 1. The zero-order valence-corrected chi connectivity index (χ0v) is 12.0. The summed E-state index contributed by atoms with van der Waals surface area (Å²) in [6.07, 6.45) is -0.555. The lowest BCUT2D eigenvalue weighted by atomic mass is 10.3. The van der Waals surface area contributed by atoms with Gasteiger partial charge in [-0.3, -0.25) is 5.32 Å². The molecule has 1 aromatic carbocycles. The Morgan fingerprint density at radius 1 is 1.50 bits per heavy atom. The number of aromatic nitrogens is 3. The van der Waals surface area contributed by atoms with Crippen molar-refractivity contribution in [1.29, 1.82) is 0 Å². The highest BCUT2D eigenvalue weighted by atomic mass is 32.2. The van der Waals surface area contributed by atoms with Gasteiger partial charge in [-0.05, 0) is 18.2 Å². The molecule has 0 aliphatic heterocycles. The minimum Gasteiger partial charge on any atom is -0.453 e. The van der Waals surface area contributed by atoms with E-state index >= 15 is 0 Å². The SMILES string of the molecule is COC(=O)Nc1nc2cc(Sc3cscn3)ccc2[nH]1. The quantitative estimate of drug-likeness (QED) is 0.775. The van der Waals surface area contributed by atoms with Gasteiger partial charge < -0.3 is 9.72 Å². The van der Waals surface area contributed by atoms with Crippen LogP contribution in [0.25, 0.3) is 11.0 Å². The molecule has 3 aromatic rings. The third-order valence-electron chi connectivity index (χ3n) is 2.49. The van der Waals surface area contributed by atoms with Gasteiger partial charge >= 0.3 is 6.09 Å². The molecule has 2 N–H and O–H groups in total. The molecule has 102 valence electrons. The van der Waals surface area contributed by atoms with E-state index in [9.17, 15) is 4.79 Å². The lowest BCUT2D eigenvalue weighted by Crippen LogP contribution is -2.11. The van der Waals surface area contributed by atoms with Gasteiger partial charge in [0.1, 0.15) is 5.03 Å². The van der Waals surface area contributed by atoms with Crippen LogP contribution in [-0.4, -0.2) is 28.2 Å². The number of nitrogens with one attached hydrogen (secondary N) is 2. The standard InChI is InChI=1S/C12H10N4O2S2/c1-18-12(17)16-11-14-8-3-2-7(4-9(8)15-11)20-10-5-19-6-13-10/h2-6H,1H3,(H2,14,15,16,17). The van der Waals surface area contributed by atoms with E-state index in [4.69, 9.17) is 0 Å². The third kappa shape index (κ3) is 2.75. The summed E-state index contributed by atoms with van der Waals surface area (Å²) in [6.45, 7) is 0. The largest absolute Gasteiger partial charge is 0.453 e. The van der Waals surface area contributed by atoms with Crippen LogP contribution in [-0.2, 0) is 4.74 Å². The molecule has 0 saturated carbocycles. The van der Waals surface area contributed by atoms with Crippen molar-refractivity contribution in [3.63, 3.8) is 0 Å². The number of hydrogen-bond donors (Lipinski definition) is 2. The topological polar surface area (TPSA) is 79.9 Å². The maximum Gasteiger partial charge on any atom is 0.413 e. The number of carbonyl (C=O) groups excluding carboxylic acids is 1. The number of methoxy groups -OCH3 is 1. The summed E-state index contributed by atoms with van der Waals surface area (Å²) < 4.78 is 4.52. The number of thiazole rings is 1. The summed E-state index contributed by atoms with van der Waals surface area (Å²) in [5.41, 5.74) is 3.42. The minimum atomic E-state index is -0.555. The maximum atomic E-state index is 11.1. The number of ether oxygens (including phenoxy) is 1. The fourth-order valence-corrected chi connectivity index (χ4v) is 3.12. The van der Waals surface area contributed by atoms with Crippen LogP contribution in [0.3, 0.4) is 0 Å². The maximum absolute atomic E-state index is 11.1. The number of aromatic amines is 1. The Hall–Kier alpha value is -2.06. The zero-order valence-electron chi connectivity index (χ0n) is 10.4. The van der Waals surface area contributed by atoms with E-state index in [1.807, 2.05) is 23.6 Å². The van der Waals surface area contributed by atoms with Crippen LogP contribution in [0.2, 0.25) is 0 Å². The lowest BCUT2D eigenvalue weighted by molar-refractivity contribution is 0.186. The molecule has 3 rings (SSSR count). The van der Waals surface area contributed by atoms with Gasteiger partial charge in [-0.25, -0.2) is 14.8 Å². The minimum absolute atomic E-state index is 0.364. The van der Waals surface area contributed by atoms with E-state index in [0.29, 0.717) is 5.95 Å². The first-order valence-corrected chi connectivity index (χ1v) is 7.41. The molecule has 0 radical (unpaired) electrons. The summed E-state index contributed by atoms with van der Waals surface area (Å²) in [5, 5.41) is 5.45. The van der Waals surface area contributed by atoms with Crippen molar-refractivity contribution < 1.29 is 9.53 Å². The molecule has 0 fully saturated rings. The number of amides is 1. The van der Waals surface area contributed by atoms with Crippen LogP contribution in [0, 0.1) is 0 Å². The molecule has 0 saturated heterocycles. The van der Waals surface area contributed by atoms with Crippen molar-refractivity contribution in [2.45, 2.75) is 9.92 Å². The first-order valence-electron chi connectivity index (χ1n) is 5.65. The second kappa shape index (κ2) is 5.51. The number of benzene rings is 1. The summed E-state index contributed by atoms with van der Waals surface area (Å²) in [5.74, 6) is 0.364. The Morgan fingerprint density at radius 3 is 3.15 bits per heavy atom. The van der Waals surface area contributed by atoms with Gasteiger partial charge in [-0.1, -0.05) is 11.8 Å². The van der Waals surface area contributed by atoms with E-state index in [-0.39, 0.29) is 0 Å². The summed E-state index contributed by atoms with van der Waals surface area (Å²) in [4.78, 5) is 23.7. The number of rotatable bonds is 3. The normalized spacial score (nSPS) is 10.7. The van der Waals surface area contributed by atoms with Gasteiger partial charge in [0.2, 0.25) is 5.95 Å². The van der Waals surface area contributed by atoms with Crippen molar-refractivity contribution in [1.82, 2.24) is 15.0 Å². The average molecular weight is 306 g/mol. The fraction of sp³-hybridized carbons (Fsp3) is 0.0833. The molecule has 0 aliphatic carbocycles. The van der Waals surface area contributed by atoms with Crippen molar-refractivity contribution in [2.24, 2.45) is 0 Å². The second-order valence-electron chi connectivity index (χ2n) is 3.81. The molecule has 0 atom stereocenters. The molecule has 2 aromatic heterocycles. The van der Waals surface area contributed by atoms with Crippen LogP contribution in [0.5, 0.6) is 0 Å². The van der Waals surface area contributed by atoms with Gasteiger partial charge in [0.25, 0.3) is 0 Å². The van der Waals surface area contributed by atoms with Crippen LogP contribution >= 0.6 is 23.1 Å². The molecule has 1 amide bonds. The van der Waals surface area contributed by atoms with Gasteiger partial charge in [0.05, 0.1) is 23.7 Å². The third-order valence-corrected chi connectivity index (χ3v) is 4.15. The van der Waals surface area contributed by atoms with E-state index in [1.165, 1.54) is 7.11 Å². The van der Waals surface area contributed by atoms with E-state index in [2.05, 4.69) is 25.0 Å². The van der Waals surface area contributed by atoms with Gasteiger partial charge in [0, 0.05) is 10.3 Å². The molecule has 2 heterocycles. The first kappa shape index (κ1) is 12.9. The number of anilines is 1. The fourth-order valence-electron chi connectivity index (χ4n) is 1.63. The molecular formula is C12H10N4O2S2. The van der Waals surface area contributed by atoms with Gasteiger partial charge in [-0.2, -0.15) is 0 Å². The van der Waals surface area contributed by atoms with E-state index in [0.717, 1.165) is 21.0 Å². The Bertz CT molecular complexity index is 739. The Balaban J connectivity index is 1.85. The molecule has 6 nitrogen and oxygen atoms in total. The highest BCUT2D eigenvalue weighted by molar-refractivity contribution is 7.99. The smallest absolute Gasteiger partial charge is 0.413 e. The number of H-pyrrole nitrogens is 1. The summed E-state index contributed by atoms with van der Waals surface area (Å²) >= 11 is 3.13. The monoisotopic (exact) mass is 306 g/mol. The van der Waals surface area contributed by atoms with E-state index < -0.39 is 6.09 Å².